The maximum atomic E-state index is 13.8. The summed E-state index contributed by atoms with van der Waals surface area (Å²) in [6.45, 7) is 4.44. The molecule has 2 heterocycles. The Kier molecular flexibility index (Phi) is 6.07. The molecule has 178 valence electrons. The number of fused-ring (bicyclic) bond motifs is 2. The van der Waals surface area contributed by atoms with Crippen LogP contribution in [-0.4, -0.2) is 20.5 Å². The van der Waals surface area contributed by atoms with Gasteiger partial charge in [-0.3, -0.25) is 9.36 Å². The number of rotatable bonds is 5. The van der Waals surface area contributed by atoms with Crippen molar-refractivity contribution >= 4 is 22.6 Å². The lowest BCUT2D eigenvalue weighted by atomic mass is 10.0. The van der Waals surface area contributed by atoms with Crippen molar-refractivity contribution in [2.45, 2.75) is 45.3 Å². The molecule has 0 spiro atoms. The van der Waals surface area contributed by atoms with Crippen molar-refractivity contribution in [3.63, 3.8) is 0 Å². The van der Waals surface area contributed by atoms with E-state index in [1.54, 1.807) is 9.47 Å². The van der Waals surface area contributed by atoms with E-state index in [9.17, 15) is 14.0 Å². The lowest BCUT2D eigenvalue weighted by Crippen LogP contribution is -2.40. The van der Waals surface area contributed by atoms with Gasteiger partial charge in [0, 0.05) is 12.2 Å². The topological polar surface area (TPSA) is 67.2 Å². The highest BCUT2D eigenvalue weighted by Crippen LogP contribution is 2.37. The standard InChI is InChI=1S/C28H27FN4O2/c1-3-19-9-7-8-12-23(19)31-28(35)33(18(2)20-10-5-4-6-11-20)25-15-16-32-26(25)30-24-14-13-21(29)17-22(24)27(32)34/h4-14,17-18,25H,3,15-16H2,1-2H3,(H,31,35). The van der Waals surface area contributed by atoms with Gasteiger partial charge in [0.2, 0.25) is 0 Å². The highest BCUT2D eigenvalue weighted by molar-refractivity contribution is 5.91. The number of nitrogens with one attached hydrogen (secondary N) is 1. The summed E-state index contributed by atoms with van der Waals surface area (Å²) in [6, 6.07) is 20.7. The van der Waals surface area contributed by atoms with Gasteiger partial charge in [-0.05, 0) is 55.2 Å². The van der Waals surface area contributed by atoms with Crippen molar-refractivity contribution in [3.8, 4) is 0 Å². The second-order valence-corrected chi connectivity index (χ2v) is 8.83. The number of hydrogen-bond donors (Lipinski definition) is 1. The number of hydrogen-bond acceptors (Lipinski definition) is 3. The minimum atomic E-state index is -0.472. The third-order valence-electron chi connectivity index (χ3n) is 6.78. The normalized spacial score (nSPS) is 15.6. The second kappa shape index (κ2) is 9.33. The number of halogens is 1. The van der Waals surface area contributed by atoms with Gasteiger partial charge < -0.3 is 10.2 Å². The zero-order valence-electron chi connectivity index (χ0n) is 19.7. The summed E-state index contributed by atoms with van der Waals surface area (Å²) in [5, 5.41) is 3.35. The molecule has 1 aliphatic rings. The SMILES string of the molecule is CCc1ccccc1NC(=O)N(C(C)c1ccccc1)C1CCn2c1nc1ccc(F)cc1c2=O. The molecule has 5 rings (SSSR count). The van der Waals surface area contributed by atoms with Crippen LogP contribution in [0.5, 0.6) is 0 Å². The van der Waals surface area contributed by atoms with Gasteiger partial charge in [0.25, 0.3) is 5.56 Å². The van der Waals surface area contributed by atoms with Crippen LogP contribution in [0.15, 0.2) is 77.6 Å². The fourth-order valence-corrected chi connectivity index (χ4v) is 4.93. The highest BCUT2D eigenvalue weighted by atomic mass is 19.1. The molecule has 0 bridgehead atoms. The van der Waals surface area contributed by atoms with E-state index in [-0.39, 0.29) is 23.0 Å². The molecule has 1 N–H and O–H groups in total. The Morgan fingerprint density at radius 2 is 1.89 bits per heavy atom. The number of carbonyl (C=O) groups excluding carboxylic acids is 1. The van der Waals surface area contributed by atoms with E-state index in [1.165, 1.54) is 18.2 Å². The molecular formula is C28H27FN4O2. The summed E-state index contributed by atoms with van der Waals surface area (Å²) in [5.41, 5.74) is 2.94. The number of benzene rings is 3. The average Bonchev–Trinajstić information content (AvgIpc) is 3.29. The predicted octanol–water partition coefficient (Wildman–Crippen LogP) is 5.84. The molecule has 3 aromatic carbocycles. The summed E-state index contributed by atoms with van der Waals surface area (Å²) in [7, 11) is 0. The fraction of sp³-hybridized carbons (Fsp3) is 0.250. The van der Waals surface area contributed by atoms with Gasteiger partial charge in [0.15, 0.2) is 0 Å². The summed E-state index contributed by atoms with van der Waals surface area (Å²) >= 11 is 0. The highest BCUT2D eigenvalue weighted by Gasteiger charge is 2.37. The quantitative estimate of drug-likeness (QED) is 0.399. The number of aryl methyl sites for hydroxylation is 1. The molecule has 35 heavy (non-hydrogen) atoms. The lowest BCUT2D eigenvalue weighted by Gasteiger charge is -2.34. The van der Waals surface area contributed by atoms with Gasteiger partial charge in [0.1, 0.15) is 11.6 Å². The Morgan fingerprint density at radius 3 is 2.66 bits per heavy atom. The van der Waals surface area contributed by atoms with E-state index < -0.39 is 11.9 Å². The number of nitrogens with zero attached hydrogens (tertiary/aromatic N) is 3. The molecule has 7 heteroatoms. The molecule has 4 aromatic rings. The van der Waals surface area contributed by atoms with E-state index in [0.29, 0.717) is 24.3 Å². The predicted molar refractivity (Wildman–Crippen MR) is 135 cm³/mol. The molecule has 2 amide bonds. The van der Waals surface area contributed by atoms with Crippen LogP contribution in [0.2, 0.25) is 0 Å². The summed E-state index contributed by atoms with van der Waals surface area (Å²) < 4.78 is 15.4. The third-order valence-corrected chi connectivity index (χ3v) is 6.78. The first-order valence-corrected chi connectivity index (χ1v) is 11.9. The Bertz CT molecular complexity index is 1450. The van der Waals surface area contributed by atoms with Gasteiger partial charge in [-0.15, -0.1) is 0 Å². The average molecular weight is 471 g/mol. The molecule has 0 fully saturated rings. The number of anilines is 1. The summed E-state index contributed by atoms with van der Waals surface area (Å²) in [6.07, 6.45) is 1.33. The minimum Gasteiger partial charge on any atom is -0.308 e. The van der Waals surface area contributed by atoms with Crippen LogP contribution < -0.4 is 10.9 Å². The van der Waals surface area contributed by atoms with E-state index in [4.69, 9.17) is 4.98 Å². The van der Waals surface area contributed by atoms with E-state index >= 15 is 0 Å². The zero-order chi connectivity index (χ0) is 24.5. The van der Waals surface area contributed by atoms with Gasteiger partial charge in [-0.25, -0.2) is 14.2 Å². The molecule has 0 saturated heterocycles. The largest absolute Gasteiger partial charge is 0.322 e. The van der Waals surface area contributed by atoms with Crippen LogP contribution in [0.3, 0.4) is 0 Å². The molecule has 1 aliphatic heterocycles. The van der Waals surface area contributed by atoms with Crippen molar-refractivity contribution in [1.29, 1.82) is 0 Å². The van der Waals surface area contributed by atoms with Gasteiger partial charge in [-0.1, -0.05) is 55.5 Å². The number of amides is 2. The Hall–Kier alpha value is -4.00. The monoisotopic (exact) mass is 470 g/mol. The zero-order valence-corrected chi connectivity index (χ0v) is 19.7. The van der Waals surface area contributed by atoms with Crippen LogP contribution in [-0.2, 0) is 13.0 Å². The van der Waals surface area contributed by atoms with E-state index in [2.05, 4.69) is 5.32 Å². The van der Waals surface area contributed by atoms with Crippen LogP contribution in [0.25, 0.3) is 10.9 Å². The van der Waals surface area contributed by atoms with Crippen molar-refractivity contribution in [2.24, 2.45) is 0 Å². The second-order valence-electron chi connectivity index (χ2n) is 8.83. The molecule has 1 aromatic heterocycles. The van der Waals surface area contributed by atoms with Crippen molar-refractivity contribution in [1.82, 2.24) is 14.5 Å². The van der Waals surface area contributed by atoms with Crippen molar-refractivity contribution in [2.75, 3.05) is 5.32 Å². The molecule has 6 nitrogen and oxygen atoms in total. The Morgan fingerprint density at radius 1 is 1.14 bits per heavy atom. The number of para-hydroxylation sites is 1. The molecule has 0 saturated carbocycles. The van der Waals surface area contributed by atoms with Crippen LogP contribution in [0.1, 0.15) is 49.3 Å². The maximum Gasteiger partial charge on any atom is 0.322 e. The Labute approximate surface area is 203 Å². The molecular weight excluding hydrogens is 443 g/mol. The van der Waals surface area contributed by atoms with Crippen molar-refractivity contribution < 1.29 is 9.18 Å². The van der Waals surface area contributed by atoms with Crippen LogP contribution >= 0.6 is 0 Å². The first-order valence-electron chi connectivity index (χ1n) is 11.9. The molecule has 0 radical (unpaired) electrons. The van der Waals surface area contributed by atoms with Gasteiger partial charge in [0.05, 0.1) is 23.0 Å². The molecule has 0 aliphatic carbocycles. The van der Waals surface area contributed by atoms with Gasteiger partial charge in [-0.2, -0.15) is 0 Å². The first-order chi connectivity index (χ1) is 17.0. The summed E-state index contributed by atoms with van der Waals surface area (Å²) in [5.74, 6) is 0.0515. The van der Waals surface area contributed by atoms with Crippen molar-refractivity contribution in [3.05, 3.63) is 106 Å². The van der Waals surface area contributed by atoms with Crippen LogP contribution in [0, 0.1) is 5.82 Å². The lowest BCUT2D eigenvalue weighted by molar-refractivity contribution is 0.159. The minimum absolute atomic E-state index is 0.249. The number of carbonyl (C=O) groups is 1. The first kappa shape index (κ1) is 22.8. The molecule has 2 unspecified atom stereocenters. The van der Waals surface area contributed by atoms with E-state index in [1.807, 2.05) is 68.4 Å². The number of aromatic nitrogens is 2. The Balaban J connectivity index is 1.59. The summed E-state index contributed by atoms with van der Waals surface area (Å²) in [4.78, 5) is 33.5. The fourth-order valence-electron chi connectivity index (χ4n) is 4.93. The van der Waals surface area contributed by atoms with E-state index in [0.717, 1.165) is 23.2 Å². The van der Waals surface area contributed by atoms with Gasteiger partial charge >= 0.3 is 6.03 Å². The maximum absolute atomic E-state index is 13.8. The smallest absolute Gasteiger partial charge is 0.308 e. The van der Waals surface area contributed by atoms with Crippen LogP contribution in [0.4, 0.5) is 14.9 Å². The molecule has 2 atom stereocenters. The number of urea groups is 1. The third kappa shape index (κ3) is 4.18.